The maximum atomic E-state index is 11.0. The van der Waals surface area contributed by atoms with Gasteiger partial charge in [0.2, 0.25) is 0 Å². The van der Waals surface area contributed by atoms with Gasteiger partial charge < -0.3 is 0 Å². The third kappa shape index (κ3) is 2.11. The molecule has 5 heteroatoms. The molecule has 1 aromatic heterocycles. The Morgan fingerprint density at radius 2 is 2.15 bits per heavy atom. The minimum Gasteiger partial charge on any atom is -0.300 e. The van der Waals surface area contributed by atoms with Crippen LogP contribution in [0, 0.1) is 5.92 Å². The Morgan fingerprint density at radius 3 is 2.77 bits per heavy atom. The molecule has 5 nitrogen and oxygen atoms in total. The molecule has 1 heterocycles. The number of tetrazole rings is 1. The Bertz CT molecular complexity index is 272. The van der Waals surface area contributed by atoms with Crippen molar-refractivity contribution in [1.29, 1.82) is 0 Å². The third-order valence-electron chi connectivity index (χ3n) is 2.52. The smallest absolute Gasteiger partial charge is 0.174 e. The minimum absolute atomic E-state index is 0.393. The van der Waals surface area contributed by atoms with Gasteiger partial charge in [0.1, 0.15) is 5.78 Å². The van der Waals surface area contributed by atoms with E-state index in [9.17, 15) is 4.79 Å². The molecular formula is C8H12N4O. The monoisotopic (exact) mass is 180 g/mol. The lowest BCUT2D eigenvalue weighted by Gasteiger charge is -2.18. The summed E-state index contributed by atoms with van der Waals surface area (Å²) in [6.07, 6.45) is 4.26. The van der Waals surface area contributed by atoms with Crippen LogP contribution in [-0.4, -0.2) is 26.4 Å². The van der Waals surface area contributed by atoms with E-state index in [2.05, 4.69) is 20.6 Å². The van der Waals surface area contributed by atoms with Gasteiger partial charge >= 0.3 is 0 Å². The average Bonchev–Trinajstić information content (AvgIpc) is 2.62. The van der Waals surface area contributed by atoms with Crippen molar-refractivity contribution in [2.45, 2.75) is 32.1 Å². The van der Waals surface area contributed by atoms with E-state index in [0.717, 1.165) is 37.9 Å². The van der Waals surface area contributed by atoms with Gasteiger partial charge in [-0.1, -0.05) is 5.21 Å². The molecule has 2 rings (SSSR count). The third-order valence-corrected chi connectivity index (χ3v) is 2.52. The molecule has 1 fully saturated rings. The number of rotatable bonds is 2. The van der Waals surface area contributed by atoms with Crippen molar-refractivity contribution in [2.24, 2.45) is 5.92 Å². The highest BCUT2D eigenvalue weighted by Crippen LogP contribution is 2.23. The van der Waals surface area contributed by atoms with Crippen molar-refractivity contribution < 1.29 is 4.79 Å². The summed E-state index contributed by atoms with van der Waals surface area (Å²) in [5, 5.41) is 13.7. The fourth-order valence-corrected chi connectivity index (χ4v) is 1.73. The van der Waals surface area contributed by atoms with Crippen LogP contribution in [0.4, 0.5) is 0 Å². The van der Waals surface area contributed by atoms with Crippen molar-refractivity contribution >= 4 is 5.78 Å². The second kappa shape index (κ2) is 3.64. The number of nitrogens with one attached hydrogen (secondary N) is 1. The van der Waals surface area contributed by atoms with E-state index in [0.29, 0.717) is 11.7 Å². The number of Topliss-reactive ketones (excluding diaryl/α,β-unsaturated/α-hetero) is 1. The quantitative estimate of drug-likeness (QED) is 0.719. The molecule has 0 spiro atoms. The van der Waals surface area contributed by atoms with E-state index >= 15 is 0 Å². The molecule has 1 aromatic rings. The second-order valence-electron chi connectivity index (χ2n) is 3.51. The van der Waals surface area contributed by atoms with Crippen molar-refractivity contribution in [3.8, 4) is 0 Å². The van der Waals surface area contributed by atoms with E-state index in [-0.39, 0.29) is 0 Å². The van der Waals surface area contributed by atoms with Crippen LogP contribution in [0.25, 0.3) is 0 Å². The van der Waals surface area contributed by atoms with Gasteiger partial charge in [-0.2, -0.15) is 5.21 Å². The number of carbonyl (C=O) groups excluding carboxylic acids is 1. The molecular weight excluding hydrogens is 168 g/mol. The number of aromatic nitrogens is 4. The zero-order chi connectivity index (χ0) is 9.10. The van der Waals surface area contributed by atoms with Gasteiger partial charge in [0.05, 0.1) is 0 Å². The van der Waals surface area contributed by atoms with Crippen LogP contribution < -0.4 is 0 Å². The van der Waals surface area contributed by atoms with Crippen molar-refractivity contribution in [2.75, 3.05) is 0 Å². The van der Waals surface area contributed by atoms with Crippen LogP contribution in [0.15, 0.2) is 0 Å². The lowest BCUT2D eigenvalue weighted by atomic mass is 9.86. The summed E-state index contributed by atoms with van der Waals surface area (Å²) in [5.41, 5.74) is 0. The van der Waals surface area contributed by atoms with Crippen LogP contribution in [0.2, 0.25) is 0 Å². The number of nitrogens with zero attached hydrogens (tertiary/aromatic N) is 3. The molecule has 70 valence electrons. The maximum absolute atomic E-state index is 11.0. The molecule has 0 atom stereocenters. The molecule has 1 aliphatic rings. The Balaban J connectivity index is 1.86. The number of ketones is 1. The molecule has 13 heavy (non-hydrogen) atoms. The first-order valence-electron chi connectivity index (χ1n) is 4.58. The normalized spacial score (nSPS) is 19.2. The van der Waals surface area contributed by atoms with Gasteiger partial charge in [-0.05, 0) is 18.8 Å². The van der Waals surface area contributed by atoms with Crippen molar-refractivity contribution in [3.63, 3.8) is 0 Å². The molecule has 1 aliphatic carbocycles. The highest BCUT2D eigenvalue weighted by atomic mass is 16.1. The predicted octanol–water partition coefficient (Wildman–Crippen LogP) is 0.501. The van der Waals surface area contributed by atoms with E-state index < -0.39 is 0 Å². The summed E-state index contributed by atoms with van der Waals surface area (Å²) >= 11 is 0. The first-order valence-corrected chi connectivity index (χ1v) is 4.58. The van der Waals surface area contributed by atoms with Crippen LogP contribution in [0.5, 0.6) is 0 Å². The van der Waals surface area contributed by atoms with E-state index in [1.807, 2.05) is 0 Å². The van der Waals surface area contributed by atoms with Crippen LogP contribution >= 0.6 is 0 Å². The fourth-order valence-electron chi connectivity index (χ4n) is 1.73. The van der Waals surface area contributed by atoms with E-state index in [1.165, 1.54) is 0 Å². The maximum Gasteiger partial charge on any atom is 0.174 e. The van der Waals surface area contributed by atoms with Gasteiger partial charge in [-0.15, -0.1) is 10.2 Å². The van der Waals surface area contributed by atoms with Gasteiger partial charge in [0, 0.05) is 19.3 Å². The predicted molar refractivity (Wildman–Crippen MR) is 44.8 cm³/mol. The highest BCUT2D eigenvalue weighted by molar-refractivity contribution is 5.79. The molecule has 0 bridgehead atoms. The Morgan fingerprint density at radius 1 is 1.38 bits per heavy atom. The zero-order valence-corrected chi connectivity index (χ0v) is 7.36. The van der Waals surface area contributed by atoms with Gasteiger partial charge in [0.15, 0.2) is 5.82 Å². The minimum atomic E-state index is 0.393. The Labute approximate surface area is 75.9 Å². The van der Waals surface area contributed by atoms with Crippen LogP contribution in [-0.2, 0) is 11.2 Å². The number of aromatic amines is 1. The van der Waals surface area contributed by atoms with Gasteiger partial charge in [-0.3, -0.25) is 4.79 Å². The average molecular weight is 180 g/mol. The molecule has 0 aliphatic heterocycles. The Hall–Kier alpha value is -1.26. The first-order chi connectivity index (χ1) is 6.34. The number of hydrogen-bond acceptors (Lipinski definition) is 4. The number of carbonyl (C=O) groups is 1. The summed E-state index contributed by atoms with van der Waals surface area (Å²) in [6.45, 7) is 0. The summed E-state index contributed by atoms with van der Waals surface area (Å²) in [4.78, 5) is 11.0. The molecule has 0 amide bonds. The van der Waals surface area contributed by atoms with E-state index in [1.54, 1.807) is 0 Å². The van der Waals surface area contributed by atoms with Crippen LogP contribution in [0.1, 0.15) is 31.5 Å². The first kappa shape index (κ1) is 8.34. The Kier molecular flexibility index (Phi) is 2.33. The lowest BCUT2D eigenvalue weighted by molar-refractivity contribution is -0.121. The standard InChI is InChI=1S/C8H12N4O/c13-7-3-1-6(2-4-7)5-8-9-11-12-10-8/h6H,1-5H2,(H,9,10,11,12). The lowest BCUT2D eigenvalue weighted by Crippen LogP contribution is -2.16. The molecule has 0 aromatic carbocycles. The highest BCUT2D eigenvalue weighted by Gasteiger charge is 2.20. The largest absolute Gasteiger partial charge is 0.300 e. The van der Waals surface area contributed by atoms with Gasteiger partial charge in [0.25, 0.3) is 0 Å². The summed E-state index contributed by atoms with van der Waals surface area (Å²) in [5.74, 6) is 1.72. The van der Waals surface area contributed by atoms with Crippen molar-refractivity contribution in [1.82, 2.24) is 20.6 Å². The molecule has 1 N–H and O–H groups in total. The van der Waals surface area contributed by atoms with E-state index in [4.69, 9.17) is 0 Å². The number of H-pyrrole nitrogens is 1. The SMILES string of the molecule is O=C1CCC(Cc2nn[nH]n2)CC1. The molecule has 0 saturated heterocycles. The second-order valence-corrected chi connectivity index (χ2v) is 3.51. The topological polar surface area (TPSA) is 71.5 Å². The number of hydrogen-bond donors (Lipinski definition) is 1. The van der Waals surface area contributed by atoms with Crippen molar-refractivity contribution in [3.05, 3.63) is 5.82 Å². The summed E-state index contributed by atoms with van der Waals surface area (Å²) in [6, 6.07) is 0. The zero-order valence-electron chi connectivity index (χ0n) is 7.36. The molecule has 1 saturated carbocycles. The van der Waals surface area contributed by atoms with Gasteiger partial charge in [-0.25, -0.2) is 0 Å². The molecule has 0 unspecified atom stereocenters. The molecule has 0 radical (unpaired) electrons. The fraction of sp³-hybridized carbons (Fsp3) is 0.750. The summed E-state index contributed by atoms with van der Waals surface area (Å²) < 4.78 is 0. The summed E-state index contributed by atoms with van der Waals surface area (Å²) in [7, 11) is 0. The van der Waals surface area contributed by atoms with Crippen LogP contribution in [0.3, 0.4) is 0 Å².